The third kappa shape index (κ3) is 2.39. The lowest BCUT2D eigenvalue weighted by Gasteiger charge is -2.12. The third-order valence-corrected chi connectivity index (χ3v) is 2.31. The summed E-state index contributed by atoms with van der Waals surface area (Å²) in [5.41, 5.74) is 0.678. The highest BCUT2D eigenvalue weighted by Gasteiger charge is 2.17. The minimum Gasteiger partial charge on any atom is -0.495 e. The van der Waals surface area contributed by atoms with Gasteiger partial charge in [-0.2, -0.15) is 0 Å². The first kappa shape index (κ1) is 11.5. The van der Waals surface area contributed by atoms with Crippen molar-refractivity contribution in [3.63, 3.8) is 0 Å². The molecule has 0 saturated carbocycles. The van der Waals surface area contributed by atoms with E-state index in [-0.39, 0.29) is 0 Å². The average Bonchev–Trinajstić information content (AvgIpc) is 2.39. The summed E-state index contributed by atoms with van der Waals surface area (Å²) >= 11 is 0. The Kier molecular flexibility index (Phi) is 3.30. The number of aliphatic hydroxyl groups is 1. The fourth-order valence-electron chi connectivity index (χ4n) is 1.47. The highest BCUT2D eigenvalue weighted by atomic mass is 19.1. The number of rotatable bonds is 3. The van der Waals surface area contributed by atoms with Crippen molar-refractivity contribution in [2.24, 2.45) is 0 Å². The van der Waals surface area contributed by atoms with Crippen LogP contribution in [0.3, 0.4) is 0 Å². The maximum atomic E-state index is 12.7. The molecule has 1 unspecified atom stereocenters. The molecular weight excluding hydrogens is 223 g/mol. The molecule has 0 spiro atoms. The molecule has 0 saturated heterocycles. The van der Waals surface area contributed by atoms with Gasteiger partial charge in [0.25, 0.3) is 0 Å². The van der Waals surface area contributed by atoms with Gasteiger partial charge in [0.1, 0.15) is 23.4 Å². The first-order valence-electron chi connectivity index (χ1n) is 5.01. The van der Waals surface area contributed by atoms with E-state index in [0.29, 0.717) is 17.1 Å². The number of halogens is 1. The molecule has 1 N–H and O–H groups in total. The number of aliphatic hydroxyl groups excluding tert-OH is 1. The van der Waals surface area contributed by atoms with Crippen LogP contribution in [-0.2, 0) is 0 Å². The van der Waals surface area contributed by atoms with Gasteiger partial charge >= 0.3 is 0 Å². The maximum Gasteiger partial charge on any atom is 0.143 e. The highest BCUT2D eigenvalue weighted by molar-refractivity contribution is 5.32. The number of ether oxygens (including phenoxy) is 1. The van der Waals surface area contributed by atoms with Gasteiger partial charge in [-0.25, -0.2) is 4.39 Å². The number of nitrogens with zero attached hydrogens (tertiary/aromatic N) is 2. The van der Waals surface area contributed by atoms with E-state index in [0.717, 1.165) is 6.20 Å². The second-order valence-corrected chi connectivity index (χ2v) is 3.39. The Balaban J connectivity index is 2.36. The summed E-state index contributed by atoms with van der Waals surface area (Å²) in [5, 5.41) is 10.1. The molecule has 2 heterocycles. The van der Waals surface area contributed by atoms with Crippen LogP contribution in [0.25, 0.3) is 0 Å². The van der Waals surface area contributed by atoms with Crippen molar-refractivity contribution in [1.82, 2.24) is 9.97 Å². The summed E-state index contributed by atoms with van der Waals surface area (Å²) in [6, 6.07) is 6.04. The fraction of sp³-hybridized carbons (Fsp3) is 0.167. The van der Waals surface area contributed by atoms with Crippen LogP contribution in [-0.4, -0.2) is 22.2 Å². The van der Waals surface area contributed by atoms with Gasteiger partial charge < -0.3 is 9.84 Å². The number of aromatic nitrogens is 2. The van der Waals surface area contributed by atoms with Crippen LogP contribution < -0.4 is 4.74 Å². The Labute approximate surface area is 97.7 Å². The number of methoxy groups -OCH3 is 1. The summed E-state index contributed by atoms with van der Waals surface area (Å²) in [6.45, 7) is 0. The van der Waals surface area contributed by atoms with E-state index < -0.39 is 11.9 Å². The molecule has 2 aromatic rings. The fourth-order valence-corrected chi connectivity index (χ4v) is 1.47. The topological polar surface area (TPSA) is 55.2 Å². The van der Waals surface area contributed by atoms with Crippen LogP contribution in [0.4, 0.5) is 4.39 Å². The van der Waals surface area contributed by atoms with Crippen molar-refractivity contribution in [1.29, 1.82) is 0 Å². The van der Waals surface area contributed by atoms with Gasteiger partial charge in [0.15, 0.2) is 0 Å². The molecule has 0 radical (unpaired) electrons. The number of hydrogen-bond donors (Lipinski definition) is 1. The smallest absolute Gasteiger partial charge is 0.143 e. The van der Waals surface area contributed by atoms with Crippen molar-refractivity contribution in [2.75, 3.05) is 7.11 Å². The van der Waals surface area contributed by atoms with E-state index in [1.807, 2.05) is 0 Å². The van der Waals surface area contributed by atoms with Crippen LogP contribution in [0.2, 0.25) is 0 Å². The van der Waals surface area contributed by atoms with Gasteiger partial charge in [-0.05, 0) is 24.3 Å². The summed E-state index contributed by atoms with van der Waals surface area (Å²) in [6.07, 6.45) is 1.56. The predicted molar refractivity (Wildman–Crippen MR) is 59.0 cm³/mol. The van der Waals surface area contributed by atoms with Crippen LogP contribution in [0, 0.1) is 5.82 Å². The molecule has 0 fully saturated rings. The van der Waals surface area contributed by atoms with Crippen molar-refractivity contribution >= 4 is 0 Å². The summed E-state index contributed by atoms with van der Waals surface area (Å²) < 4.78 is 17.8. The molecule has 0 aromatic carbocycles. The van der Waals surface area contributed by atoms with Crippen molar-refractivity contribution in [3.8, 4) is 5.75 Å². The molecule has 0 aliphatic carbocycles. The van der Waals surface area contributed by atoms with E-state index in [2.05, 4.69) is 9.97 Å². The van der Waals surface area contributed by atoms with Crippen molar-refractivity contribution in [2.45, 2.75) is 6.10 Å². The zero-order valence-corrected chi connectivity index (χ0v) is 9.17. The summed E-state index contributed by atoms with van der Waals surface area (Å²) in [4.78, 5) is 7.85. The van der Waals surface area contributed by atoms with E-state index in [1.54, 1.807) is 18.3 Å². The lowest BCUT2D eigenvalue weighted by Crippen LogP contribution is -2.06. The SMILES string of the molecule is COc1cccnc1C(O)c1ccc(F)cn1. The standard InChI is InChI=1S/C12H11FN2O2/c1-17-10-3-2-6-14-11(10)12(16)9-5-4-8(13)7-15-9/h2-7,12,16H,1H3. The molecule has 2 aromatic heterocycles. The molecule has 0 bridgehead atoms. The van der Waals surface area contributed by atoms with E-state index in [9.17, 15) is 9.50 Å². The molecule has 88 valence electrons. The summed E-state index contributed by atoms with van der Waals surface area (Å²) in [5.74, 6) is 0.0139. The van der Waals surface area contributed by atoms with Crippen LogP contribution >= 0.6 is 0 Å². The monoisotopic (exact) mass is 234 g/mol. The normalized spacial score (nSPS) is 12.2. The predicted octanol–water partition coefficient (Wildman–Crippen LogP) is 1.71. The van der Waals surface area contributed by atoms with Gasteiger partial charge in [-0.3, -0.25) is 9.97 Å². The Hall–Kier alpha value is -2.01. The lowest BCUT2D eigenvalue weighted by atomic mass is 10.1. The van der Waals surface area contributed by atoms with Gasteiger partial charge in [0.2, 0.25) is 0 Å². The van der Waals surface area contributed by atoms with E-state index >= 15 is 0 Å². The quantitative estimate of drug-likeness (QED) is 0.878. The molecule has 4 nitrogen and oxygen atoms in total. The van der Waals surface area contributed by atoms with Gasteiger partial charge in [-0.1, -0.05) is 0 Å². The molecule has 1 atom stereocenters. The Morgan fingerprint density at radius 3 is 2.76 bits per heavy atom. The molecule has 0 aliphatic heterocycles. The highest BCUT2D eigenvalue weighted by Crippen LogP contribution is 2.26. The minimum atomic E-state index is -1.04. The van der Waals surface area contributed by atoms with Crippen LogP contribution in [0.5, 0.6) is 5.75 Å². The van der Waals surface area contributed by atoms with Crippen molar-refractivity contribution in [3.05, 3.63) is 53.9 Å². The number of pyridine rings is 2. The Bertz CT molecular complexity index is 502. The third-order valence-electron chi connectivity index (χ3n) is 2.31. The van der Waals surface area contributed by atoms with E-state index in [4.69, 9.17) is 4.74 Å². The molecule has 0 amide bonds. The Morgan fingerprint density at radius 1 is 1.29 bits per heavy atom. The van der Waals surface area contributed by atoms with Gasteiger partial charge in [0, 0.05) is 6.20 Å². The Morgan fingerprint density at radius 2 is 2.12 bits per heavy atom. The van der Waals surface area contributed by atoms with Gasteiger partial charge in [0.05, 0.1) is 19.0 Å². The van der Waals surface area contributed by atoms with Crippen LogP contribution in [0.1, 0.15) is 17.5 Å². The zero-order valence-electron chi connectivity index (χ0n) is 9.17. The summed E-state index contributed by atoms with van der Waals surface area (Å²) in [7, 11) is 1.49. The van der Waals surface area contributed by atoms with E-state index in [1.165, 1.54) is 19.2 Å². The van der Waals surface area contributed by atoms with Gasteiger partial charge in [-0.15, -0.1) is 0 Å². The second kappa shape index (κ2) is 4.88. The second-order valence-electron chi connectivity index (χ2n) is 3.39. The number of hydrogen-bond acceptors (Lipinski definition) is 4. The van der Waals surface area contributed by atoms with Crippen LogP contribution in [0.15, 0.2) is 36.7 Å². The first-order valence-corrected chi connectivity index (χ1v) is 5.01. The molecule has 5 heteroatoms. The molecular formula is C12H11FN2O2. The minimum absolute atomic E-state index is 0.323. The molecule has 2 rings (SSSR count). The molecule has 17 heavy (non-hydrogen) atoms. The average molecular weight is 234 g/mol. The molecule has 0 aliphatic rings. The lowest BCUT2D eigenvalue weighted by molar-refractivity contribution is 0.204. The first-order chi connectivity index (χ1) is 8.22. The zero-order chi connectivity index (χ0) is 12.3. The largest absolute Gasteiger partial charge is 0.495 e. The van der Waals surface area contributed by atoms with Crippen molar-refractivity contribution < 1.29 is 14.2 Å². The maximum absolute atomic E-state index is 12.7.